The van der Waals surface area contributed by atoms with Crippen LogP contribution in [0.4, 0.5) is 0 Å². The van der Waals surface area contributed by atoms with E-state index in [1.165, 1.54) is 21.9 Å². The van der Waals surface area contributed by atoms with Crippen molar-refractivity contribution in [3.8, 4) is 0 Å². The molecule has 2 rings (SSSR count). The number of aromatic nitrogens is 3. The number of hydrogen-bond acceptors (Lipinski definition) is 4. The smallest absolute Gasteiger partial charge is 0.313 e. The maximum atomic E-state index is 11.3. The molecule has 1 aromatic heterocycles. The molecule has 0 bridgehead atoms. The first-order chi connectivity index (χ1) is 9.61. The van der Waals surface area contributed by atoms with E-state index in [1.54, 1.807) is 7.05 Å². The van der Waals surface area contributed by atoms with Crippen LogP contribution in [0.2, 0.25) is 0 Å². The third-order valence-electron chi connectivity index (χ3n) is 2.79. The van der Waals surface area contributed by atoms with E-state index in [1.807, 2.05) is 6.07 Å². The molecule has 0 saturated heterocycles. The van der Waals surface area contributed by atoms with Gasteiger partial charge in [-0.25, -0.2) is 9.89 Å². The fraction of sp³-hybridized carbons (Fsp3) is 0.385. The first kappa shape index (κ1) is 15.3. The Kier molecular flexibility index (Phi) is 5.45. The van der Waals surface area contributed by atoms with Crippen molar-refractivity contribution < 1.29 is 0 Å². The van der Waals surface area contributed by atoms with Gasteiger partial charge < -0.3 is 5.32 Å². The average Bonchev–Trinajstić information content (AvgIpc) is 2.74. The maximum absolute atomic E-state index is 11.3. The first-order valence-electron chi connectivity index (χ1n) is 6.40. The van der Waals surface area contributed by atoms with Crippen LogP contribution in [0.25, 0.3) is 0 Å². The highest BCUT2D eigenvalue weighted by Gasteiger charge is 2.09. The van der Waals surface area contributed by atoms with Gasteiger partial charge in [0, 0.05) is 23.0 Å². The van der Waals surface area contributed by atoms with E-state index in [0.29, 0.717) is 5.16 Å². The Bertz CT molecular complexity index is 638. The van der Waals surface area contributed by atoms with Crippen molar-refractivity contribution in [2.75, 3.05) is 6.54 Å². The van der Waals surface area contributed by atoms with Crippen LogP contribution in [0, 0.1) is 0 Å². The molecule has 0 saturated carbocycles. The molecule has 0 unspecified atom stereocenters. The van der Waals surface area contributed by atoms with Gasteiger partial charge in [-0.2, -0.15) is 0 Å². The molecular weight excluding hydrogens is 340 g/mol. The van der Waals surface area contributed by atoms with E-state index >= 15 is 0 Å². The Hall–Kier alpha value is -1.05. The van der Waals surface area contributed by atoms with Gasteiger partial charge >= 0.3 is 5.69 Å². The van der Waals surface area contributed by atoms with Crippen LogP contribution in [-0.4, -0.2) is 21.3 Å². The molecule has 0 atom stereocenters. The molecule has 0 aliphatic rings. The van der Waals surface area contributed by atoms with E-state index in [2.05, 4.69) is 50.5 Å². The van der Waals surface area contributed by atoms with E-state index in [9.17, 15) is 4.79 Å². The summed E-state index contributed by atoms with van der Waals surface area (Å²) in [6.07, 6.45) is 1.13. The molecule has 5 nitrogen and oxygen atoms in total. The largest absolute Gasteiger partial charge is 0.343 e. The van der Waals surface area contributed by atoms with Crippen molar-refractivity contribution in [2.24, 2.45) is 7.05 Å². The minimum absolute atomic E-state index is 0.205. The average molecular weight is 357 g/mol. The number of benzene rings is 1. The lowest BCUT2D eigenvalue weighted by atomic mass is 10.2. The summed E-state index contributed by atoms with van der Waals surface area (Å²) < 4.78 is 2.50. The predicted octanol–water partition coefficient (Wildman–Crippen LogP) is 2.52. The van der Waals surface area contributed by atoms with Crippen molar-refractivity contribution in [2.45, 2.75) is 29.9 Å². The molecule has 0 aliphatic carbocycles. The van der Waals surface area contributed by atoms with Crippen LogP contribution >= 0.6 is 27.7 Å². The number of nitrogens with zero attached hydrogens (tertiary/aromatic N) is 2. The highest BCUT2D eigenvalue weighted by molar-refractivity contribution is 9.10. The lowest BCUT2D eigenvalue weighted by molar-refractivity contribution is 0.675. The van der Waals surface area contributed by atoms with Crippen LogP contribution < -0.4 is 11.0 Å². The molecule has 0 amide bonds. The monoisotopic (exact) mass is 356 g/mol. The maximum Gasteiger partial charge on any atom is 0.343 e. The second-order valence-electron chi connectivity index (χ2n) is 4.41. The molecule has 108 valence electrons. The molecule has 0 aliphatic heterocycles. The van der Waals surface area contributed by atoms with Crippen molar-refractivity contribution in [3.05, 3.63) is 38.7 Å². The minimum Gasteiger partial charge on any atom is -0.313 e. The van der Waals surface area contributed by atoms with Gasteiger partial charge in [0.25, 0.3) is 0 Å². The topological polar surface area (TPSA) is 62.7 Å². The van der Waals surface area contributed by atoms with E-state index < -0.39 is 0 Å². The van der Waals surface area contributed by atoms with Crippen molar-refractivity contribution in [3.63, 3.8) is 0 Å². The van der Waals surface area contributed by atoms with E-state index in [-0.39, 0.29) is 5.69 Å². The molecule has 2 aromatic rings. The number of halogens is 1. The Labute approximate surface area is 130 Å². The van der Waals surface area contributed by atoms with Gasteiger partial charge in [-0.3, -0.25) is 4.57 Å². The highest BCUT2D eigenvalue weighted by atomic mass is 79.9. The molecule has 20 heavy (non-hydrogen) atoms. The van der Waals surface area contributed by atoms with E-state index in [0.717, 1.165) is 28.9 Å². The first-order valence-corrected chi connectivity index (χ1v) is 8.01. The van der Waals surface area contributed by atoms with Crippen LogP contribution in [-0.2, 0) is 13.6 Å². The summed E-state index contributed by atoms with van der Waals surface area (Å²) in [7, 11) is 1.70. The number of hydrogen-bond donors (Lipinski definition) is 2. The summed E-state index contributed by atoms with van der Waals surface area (Å²) in [5.74, 6) is 0. The molecule has 7 heteroatoms. The van der Waals surface area contributed by atoms with Gasteiger partial charge in [-0.05, 0) is 58.4 Å². The molecule has 1 aromatic carbocycles. The predicted molar refractivity (Wildman–Crippen MR) is 84.1 cm³/mol. The van der Waals surface area contributed by atoms with Gasteiger partial charge in [-0.15, -0.1) is 5.10 Å². The van der Waals surface area contributed by atoms with Crippen molar-refractivity contribution in [1.82, 2.24) is 20.1 Å². The molecule has 1 heterocycles. The third-order valence-corrected chi connectivity index (χ3v) is 4.83. The summed E-state index contributed by atoms with van der Waals surface area (Å²) in [5, 5.41) is 10.4. The SMILES string of the molecule is CCCNCc1ccc(Sc2n[nH]c(=O)n2C)c(Br)c1. The van der Waals surface area contributed by atoms with Crippen LogP contribution in [0.15, 0.2) is 37.5 Å². The zero-order chi connectivity index (χ0) is 14.5. The summed E-state index contributed by atoms with van der Waals surface area (Å²) >= 11 is 5.02. The van der Waals surface area contributed by atoms with Gasteiger partial charge in [0.2, 0.25) is 0 Å². The quantitative estimate of drug-likeness (QED) is 0.780. The Morgan fingerprint density at radius 2 is 2.30 bits per heavy atom. The number of nitrogens with one attached hydrogen (secondary N) is 2. The van der Waals surface area contributed by atoms with Crippen molar-refractivity contribution >= 4 is 27.7 Å². The second-order valence-corrected chi connectivity index (χ2v) is 6.28. The third kappa shape index (κ3) is 3.74. The summed E-state index contributed by atoms with van der Waals surface area (Å²) in [4.78, 5) is 12.4. The standard InChI is InChI=1S/C13H17BrN4OS/c1-3-6-15-8-9-4-5-11(10(14)7-9)20-13-17-16-12(19)18(13)2/h4-5,7,15H,3,6,8H2,1-2H3,(H,16,19). The van der Waals surface area contributed by atoms with Gasteiger partial charge in [-0.1, -0.05) is 13.0 Å². The fourth-order valence-electron chi connectivity index (χ4n) is 1.67. The fourth-order valence-corrected chi connectivity index (χ4v) is 3.14. The van der Waals surface area contributed by atoms with Crippen LogP contribution in [0.5, 0.6) is 0 Å². The van der Waals surface area contributed by atoms with Gasteiger partial charge in [0.05, 0.1) is 0 Å². The second kappa shape index (κ2) is 7.10. The number of aromatic amines is 1. The van der Waals surface area contributed by atoms with Crippen LogP contribution in [0.1, 0.15) is 18.9 Å². The molecule has 2 N–H and O–H groups in total. The minimum atomic E-state index is -0.205. The van der Waals surface area contributed by atoms with Gasteiger partial charge in [0.1, 0.15) is 0 Å². The molecule has 0 spiro atoms. The molecule has 0 radical (unpaired) electrons. The summed E-state index contributed by atoms with van der Waals surface area (Å²) in [6, 6.07) is 6.22. The zero-order valence-electron chi connectivity index (χ0n) is 11.4. The lowest BCUT2D eigenvalue weighted by Gasteiger charge is -2.07. The Morgan fingerprint density at radius 3 is 2.90 bits per heavy atom. The number of rotatable bonds is 6. The highest BCUT2D eigenvalue weighted by Crippen LogP contribution is 2.32. The Morgan fingerprint density at radius 1 is 1.50 bits per heavy atom. The molecular formula is C13H17BrN4OS. The normalized spacial score (nSPS) is 10.9. The molecule has 0 fully saturated rings. The van der Waals surface area contributed by atoms with Crippen molar-refractivity contribution in [1.29, 1.82) is 0 Å². The summed E-state index contributed by atoms with van der Waals surface area (Å²) in [5.41, 5.74) is 1.02. The summed E-state index contributed by atoms with van der Waals surface area (Å²) in [6.45, 7) is 4.03. The number of H-pyrrole nitrogens is 1. The van der Waals surface area contributed by atoms with Gasteiger partial charge in [0.15, 0.2) is 5.16 Å². The van der Waals surface area contributed by atoms with Crippen LogP contribution in [0.3, 0.4) is 0 Å². The Balaban J connectivity index is 2.09. The lowest BCUT2D eigenvalue weighted by Crippen LogP contribution is -2.13. The zero-order valence-corrected chi connectivity index (χ0v) is 13.8. The van der Waals surface area contributed by atoms with E-state index in [4.69, 9.17) is 0 Å².